The molecule has 14 heavy (non-hydrogen) atoms. The summed E-state index contributed by atoms with van der Waals surface area (Å²) in [6.07, 6.45) is 0.577. The van der Waals surface area contributed by atoms with E-state index in [0.717, 1.165) is 0 Å². The fraction of sp³-hybridized carbons (Fsp3) is 0.286. The molecule has 0 bridgehead atoms. The predicted octanol–water partition coefficient (Wildman–Crippen LogP) is -0.419. The lowest BCUT2D eigenvalue weighted by Crippen LogP contribution is -2.20. The Hall–Kier alpha value is -1.79. The highest BCUT2D eigenvalue weighted by Crippen LogP contribution is 2.10. The molecule has 0 N–H and O–H groups in total. The second-order valence-corrected chi connectivity index (χ2v) is 2.57. The summed E-state index contributed by atoms with van der Waals surface area (Å²) in [5.74, 6) is -1.98. The van der Waals surface area contributed by atoms with Crippen LogP contribution in [0.5, 0.6) is 0 Å². The molecule has 0 aliphatic carbocycles. The molecule has 0 atom stereocenters. The molecule has 1 aliphatic heterocycles. The van der Waals surface area contributed by atoms with E-state index in [9.17, 15) is 14.4 Å². The molecule has 7 heteroatoms. The molecule has 1 rings (SSSR count). The predicted molar refractivity (Wildman–Crippen MR) is 43.5 cm³/mol. The van der Waals surface area contributed by atoms with Crippen LogP contribution in [0.3, 0.4) is 0 Å². The van der Waals surface area contributed by atoms with Crippen molar-refractivity contribution in [3.05, 3.63) is 11.3 Å². The minimum atomic E-state index is -1.38. The molecule has 0 saturated carbocycles. The van der Waals surface area contributed by atoms with Crippen molar-refractivity contribution in [1.29, 1.82) is 0 Å². The largest absolute Gasteiger partial charge is 0.868 e. The van der Waals surface area contributed by atoms with Crippen LogP contribution in [-0.4, -0.2) is 25.5 Å². The molecule has 0 amide bonds. The van der Waals surface area contributed by atoms with Crippen molar-refractivity contribution in [1.82, 2.24) is 0 Å². The monoisotopic (exact) mass is 198 g/mol. The lowest BCUT2D eigenvalue weighted by Gasteiger charge is -2.06. The van der Waals surface area contributed by atoms with Gasteiger partial charge in [0.05, 0.1) is 5.76 Å². The third kappa shape index (κ3) is 2.12. The summed E-state index contributed by atoms with van der Waals surface area (Å²) in [4.78, 5) is 31.4. The molecule has 0 aromatic heterocycles. The maximum absolute atomic E-state index is 10.5. The highest BCUT2D eigenvalue weighted by Gasteiger charge is 2.45. The van der Waals surface area contributed by atoms with Gasteiger partial charge in [-0.15, -0.1) is 0 Å². The van der Waals surface area contributed by atoms with E-state index in [1.807, 2.05) is 0 Å². The number of hydrogen-bond acceptors (Lipinski definition) is 6. The van der Waals surface area contributed by atoms with Crippen LogP contribution in [0.25, 0.3) is 0 Å². The Morgan fingerprint density at radius 1 is 1.29 bits per heavy atom. The minimum Gasteiger partial charge on any atom is -0.493 e. The van der Waals surface area contributed by atoms with Gasteiger partial charge in [-0.25, -0.2) is 9.59 Å². The van der Waals surface area contributed by atoms with Gasteiger partial charge < -0.3 is 14.0 Å². The van der Waals surface area contributed by atoms with E-state index >= 15 is 0 Å². The molecule has 1 saturated heterocycles. The van der Waals surface area contributed by atoms with Gasteiger partial charge in [-0.3, -0.25) is 4.79 Å². The number of hydrogen-bond donors (Lipinski definition) is 0. The molecule has 0 spiro atoms. The van der Waals surface area contributed by atoms with E-state index in [-0.39, 0.29) is 5.76 Å². The van der Waals surface area contributed by atoms with Crippen LogP contribution < -0.4 is 0 Å². The van der Waals surface area contributed by atoms with Crippen LogP contribution in [0, 0.1) is 0 Å². The van der Waals surface area contributed by atoms with Crippen LogP contribution in [0.1, 0.15) is 13.8 Å². The van der Waals surface area contributed by atoms with E-state index < -0.39 is 19.3 Å². The summed E-state index contributed by atoms with van der Waals surface area (Å²) < 4.78 is 13.6. The molecule has 1 aliphatic rings. The maximum atomic E-state index is 10.5. The van der Waals surface area contributed by atoms with Gasteiger partial charge in [0.15, 0.2) is 0 Å². The first-order valence-corrected chi connectivity index (χ1v) is 3.75. The van der Waals surface area contributed by atoms with Gasteiger partial charge in [-0.05, 0) is 13.8 Å². The van der Waals surface area contributed by atoms with Crippen LogP contribution in [0.15, 0.2) is 11.3 Å². The number of allylic oxidation sites excluding steroid dienone is 2. The van der Waals surface area contributed by atoms with E-state index in [0.29, 0.717) is 11.9 Å². The molecule has 6 nitrogen and oxygen atoms in total. The van der Waals surface area contributed by atoms with Crippen molar-refractivity contribution in [3.8, 4) is 0 Å². The van der Waals surface area contributed by atoms with Gasteiger partial charge in [0.2, 0.25) is 0 Å². The summed E-state index contributed by atoms with van der Waals surface area (Å²) in [5, 5.41) is 0. The van der Waals surface area contributed by atoms with Gasteiger partial charge in [0.1, 0.15) is 6.29 Å². The smallest absolute Gasteiger partial charge is 0.493 e. The van der Waals surface area contributed by atoms with Crippen molar-refractivity contribution in [2.45, 2.75) is 13.8 Å². The zero-order valence-corrected chi connectivity index (χ0v) is 7.60. The Morgan fingerprint density at radius 2 is 1.79 bits per heavy atom. The normalized spacial score (nSPS) is 17.1. The van der Waals surface area contributed by atoms with Gasteiger partial charge in [-0.1, -0.05) is 0 Å². The molecule has 1 heterocycles. The molecule has 0 aromatic carbocycles. The van der Waals surface area contributed by atoms with Gasteiger partial charge >= 0.3 is 19.3 Å². The average molecular weight is 198 g/mol. The molecule has 74 valence electrons. The van der Waals surface area contributed by atoms with Gasteiger partial charge in [-0.2, -0.15) is 0 Å². The molecule has 0 aromatic rings. The first-order valence-electron chi connectivity index (χ1n) is 3.75. The average Bonchev–Trinajstić information content (AvgIpc) is 2.44. The Kier molecular flexibility index (Phi) is 2.90. The minimum absolute atomic E-state index is 0.229. The zero-order valence-electron chi connectivity index (χ0n) is 7.60. The van der Waals surface area contributed by atoms with E-state index in [2.05, 4.69) is 9.31 Å². The fourth-order valence-corrected chi connectivity index (χ4v) is 0.663. The Labute approximate surface area is 80.0 Å². The quantitative estimate of drug-likeness (QED) is 0.201. The van der Waals surface area contributed by atoms with E-state index in [1.165, 1.54) is 13.8 Å². The summed E-state index contributed by atoms with van der Waals surface area (Å²) in [7, 11) is -1.38. The highest BCUT2D eigenvalue weighted by atomic mass is 16.8. The van der Waals surface area contributed by atoms with Gasteiger partial charge in [0, 0.05) is 5.57 Å². The number of aldehydes is 1. The fourth-order valence-electron chi connectivity index (χ4n) is 0.663. The summed E-state index contributed by atoms with van der Waals surface area (Å²) in [6.45, 7) is 3.00. The SMILES string of the molecule is CC(C=O)=C(C)OB1OC(=O)C(=O)O1. The Bertz CT molecular complexity index is 304. The Morgan fingerprint density at radius 3 is 2.21 bits per heavy atom. The van der Waals surface area contributed by atoms with Crippen LogP contribution in [0.2, 0.25) is 0 Å². The van der Waals surface area contributed by atoms with Crippen molar-refractivity contribution in [2.24, 2.45) is 0 Å². The zero-order chi connectivity index (χ0) is 10.7. The Balaban J connectivity index is 2.59. The molecular weight excluding hydrogens is 191 g/mol. The maximum Gasteiger partial charge on any atom is 0.868 e. The molecule has 1 fully saturated rings. The van der Waals surface area contributed by atoms with E-state index in [4.69, 9.17) is 4.65 Å². The first kappa shape index (κ1) is 10.3. The van der Waals surface area contributed by atoms with Gasteiger partial charge in [0.25, 0.3) is 0 Å². The highest BCUT2D eigenvalue weighted by molar-refractivity contribution is 6.55. The van der Waals surface area contributed by atoms with Crippen molar-refractivity contribution >= 4 is 25.5 Å². The molecular formula is C7H7BO6. The van der Waals surface area contributed by atoms with Crippen LogP contribution in [-0.2, 0) is 28.3 Å². The summed E-state index contributed by atoms with van der Waals surface area (Å²) in [6, 6.07) is 0. The van der Waals surface area contributed by atoms with Crippen LogP contribution >= 0.6 is 0 Å². The second-order valence-electron chi connectivity index (χ2n) is 2.57. The summed E-state index contributed by atoms with van der Waals surface area (Å²) in [5.41, 5.74) is 0.323. The standard InChI is InChI=1S/C7H7BO6/c1-4(3-9)5(2)12-8-13-6(10)7(11)14-8/h3H,1-2H3. The second kappa shape index (κ2) is 3.95. The first-order chi connectivity index (χ1) is 6.54. The van der Waals surface area contributed by atoms with Crippen LogP contribution in [0.4, 0.5) is 0 Å². The topological polar surface area (TPSA) is 78.9 Å². The molecule has 0 unspecified atom stereocenters. The number of rotatable bonds is 3. The van der Waals surface area contributed by atoms with Crippen molar-refractivity contribution in [3.63, 3.8) is 0 Å². The molecule has 0 radical (unpaired) electrons. The lowest BCUT2D eigenvalue weighted by molar-refractivity contribution is -0.150. The lowest BCUT2D eigenvalue weighted by atomic mass is 10.2. The van der Waals surface area contributed by atoms with Crippen molar-refractivity contribution in [2.75, 3.05) is 0 Å². The van der Waals surface area contributed by atoms with E-state index in [1.54, 1.807) is 0 Å². The van der Waals surface area contributed by atoms with Crippen molar-refractivity contribution < 1.29 is 28.3 Å². The summed E-state index contributed by atoms with van der Waals surface area (Å²) >= 11 is 0. The third-order valence-electron chi connectivity index (χ3n) is 1.58. The third-order valence-corrected chi connectivity index (χ3v) is 1.58. The number of carbonyl (C=O) groups excluding carboxylic acids is 3. The number of carbonyl (C=O) groups is 3.